The van der Waals surface area contributed by atoms with E-state index in [0.717, 1.165) is 6.07 Å². The summed E-state index contributed by atoms with van der Waals surface area (Å²) in [6.07, 6.45) is -5.59. The van der Waals surface area contributed by atoms with E-state index in [-0.39, 0.29) is 12.2 Å². The number of hydrogen-bond acceptors (Lipinski definition) is 3. The average molecular weight is 292 g/mol. The van der Waals surface area contributed by atoms with Crippen LogP contribution in [-0.4, -0.2) is 31.7 Å². The van der Waals surface area contributed by atoms with Gasteiger partial charge in [0.15, 0.2) is 0 Å². The van der Waals surface area contributed by atoms with Crippen molar-refractivity contribution in [2.75, 3.05) is 25.0 Å². The average Bonchev–Trinajstić information content (AvgIpc) is 2.40. The van der Waals surface area contributed by atoms with E-state index in [9.17, 15) is 22.4 Å². The highest BCUT2D eigenvalue weighted by Gasteiger charge is 2.34. The first-order valence-corrected chi connectivity index (χ1v) is 5.88. The molecular weight excluding hydrogens is 280 g/mol. The molecule has 2 N–H and O–H groups in total. The third-order valence-corrected chi connectivity index (χ3v) is 2.76. The molecule has 0 spiro atoms. The van der Waals surface area contributed by atoms with Gasteiger partial charge >= 0.3 is 6.18 Å². The van der Waals surface area contributed by atoms with Gasteiger partial charge in [-0.3, -0.25) is 4.79 Å². The van der Waals surface area contributed by atoms with Crippen molar-refractivity contribution < 1.29 is 27.1 Å². The molecule has 0 saturated carbocycles. The standard InChI is InChI=1S/C12H12F4N2O2/c13-9-2-1-7(5-8(9)12(14,15)16)18-11(19)10-6-17-3-4-20-10/h1-2,5,10,17H,3-4,6H2,(H,18,19). The van der Waals surface area contributed by atoms with E-state index < -0.39 is 29.6 Å². The van der Waals surface area contributed by atoms with Gasteiger partial charge in [-0.25, -0.2) is 4.39 Å². The van der Waals surface area contributed by atoms with Crippen molar-refractivity contribution in [3.63, 3.8) is 0 Å². The normalized spacial score (nSPS) is 19.7. The smallest absolute Gasteiger partial charge is 0.366 e. The van der Waals surface area contributed by atoms with Crippen LogP contribution in [-0.2, 0) is 15.7 Å². The molecule has 1 aliphatic rings. The molecule has 4 nitrogen and oxygen atoms in total. The van der Waals surface area contributed by atoms with Crippen molar-refractivity contribution in [1.82, 2.24) is 5.32 Å². The van der Waals surface area contributed by atoms with Crippen LogP contribution in [0.15, 0.2) is 18.2 Å². The number of alkyl halides is 3. The van der Waals surface area contributed by atoms with Gasteiger partial charge in [-0.2, -0.15) is 13.2 Å². The van der Waals surface area contributed by atoms with Crippen LogP contribution in [0.1, 0.15) is 5.56 Å². The Kier molecular flexibility index (Phi) is 4.24. The SMILES string of the molecule is O=C(Nc1ccc(F)c(C(F)(F)F)c1)C1CNCCO1. The molecule has 110 valence electrons. The van der Waals surface area contributed by atoms with E-state index in [1.807, 2.05) is 0 Å². The molecule has 1 aliphatic heterocycles. The number of carbonyl (C=O) groups is 1. The van der Waals surface area contributed by atoms with Crippen molar-refractivity contribution in [3.8, 4) is 0 Å². The van der Waals surface area contributed by atoms with Crippen LogP contribution in [0, 0.1) is 5.82 Å². The van der Waals surface area contributed by atoms with Gasteiger partial charge < -0.3 is 15.4 Å². The van der Waals surface area contributed by atoms with Crippen LogP contribution in [0.4, 0.5) is 23.2 Å². The second-order valence-electron chi connectivity index (χ2n) is 4.25. The zero-order valence-electron chi connectivity index (χ0n) is 10.3. The van der Waals surface area contributed by atoms with E-state index in [1.54, 1.807) is 0 Å². The number of anilines is 1. The first kappa shape index (κ1) is 14.7. The number of morpholine rings is 1. The number of rotatable bonds is 2. The Hall–Kier alpha value is -1.67. The quantitative estimate of drug-likeness (QED) is 0.817. The molecule has 0 aliphatic carbocycles. The van der Waals surface area contributed by atoms with Gasteiger partial charge in [-0.05, 0) is 18.2 Å². The minimum absolute atomic E-state index is 0.127. The molecule has 8 heteroatoms. The zero-order valence-corrected chi connectivity index (χ0v) is 10.3. The monoisotopic (exact) mass is 292 g/mol. The van der Waals surface area contributed by atoms with E-state index >= 15 is 0 Å². The minimum Gasteiger partial charge on any atom is -0.366 e. The molecule has 1 saturated heterocycles. The fraction of sp³-hybridized carbons (Fsp3) is 0.417. The Labute approximate surface area is 112 Å². The van der Waals surface area contributed by atoms with Crippen molar-refractivity contribution in [1.29, 1.82) is 0 Å². The maximum atomic E-state index is 13.1. The Morgan fingerprint density at radius 2 is 2.15 bits per heavy atom. The van der Waals surface area contributed by atoms with Gasteiger partial charge in [-0.15, -0.1) is 0 Å². The highest BCUT2D eigenvalue weighted by atomic mass is 19.4. The van der Waals surface area contributed by atoms with Gasteiger partial charge in [0.2, 0.25) is 0 Å². The molecule has 1 aromatic carbocycles. The van der Waals surface area contributed by atoms with Gasteiger partial charge in [0.1, 0.15) is 11.9 Å². The van der Waals surface area contributed by atoms with E-state index in [0.29, 0.717) is 25.3 Å². The Morgan fingerprint density at radius 3 is 2.75 bits per heavy atom. The molecule has 1 aromatic rings. The molecule has 0 radical (unpaired) electrons. The molecule has 1 atom stereocenters. The first-order chi connectivity index (χ1) is 9.38. The number of benzene rings is 1. The summed E-state index contributed by atoms with van der Waals surface area (Å²) in [6, 6.07) is 2.29. The number of nitrogens with one attached hydrogen (secondary N) is 2. The summed E-state index contributed by atoms with van der Waals surface area (Å²) in [7, 11) is 0. The van der Waals surface area contributed by atoms with Crippen LogP contribution < -0.4 is 10.6 Å². The summed E-state index contributed by atoms with van der Waals surface area (Å²) < 4.78 is 55.9. The second kappa shape index (κ2) is 5.76. The van der Waals surface area contributed by atoms with Crippen LogP contribution >= 0.6 is 0 Å². The molecule has 1 unspecified atom stereocenters. The minimum atomic E-state index is -4.81. The van der Waals surface area contributed by atoms with Crippen molar-refractivity contribution in [2.24, 2.45) is 0 Å². The fourth-order valence-corrected chi connectivity index (χ4v) is 1.78. The lowest BCUT2D eigenvalue weighted by molar-refractivity contribution is -0.140. The first-order valence-electron chi connectivity index (χ1n) is 5.88. The summed E-state index contributed by atoms with van der Waals surface area (Å²) >= 11 is 0. The molecule has 2 rings (SSSR count). The number of amides is 1. The van der Waals surface area contributed by atoms with Crippen LogP contribution in [0.25, 0.3) is 0 Å². The Morgan fingerprint density at radius 1 is 1.40 bits per heavy atom. The van der Waals surface area contributed by atoms with Gasteiger partial charge in [0.05, 0.1) is 12.2 Å². The summed E-state index contributed by atoms with van der Waals surface area (Å²) in [5.74, 6) is -1.96. The third kappa shape index (κ3) is 3.45. The van der Waals surface area contributed by atoms with Crippen molar-refractivity contribution in [3.05, 3.63) is 29.6 Å². The predicted octanol–water partition coefficient (Wildman–Crippen LogP) is 1.77. The summed E-state index contributed by atoms with van der Waals surface area (Å²) in [4.78, 5) is 11.8. The predicted molar refractivity (Wildman–Crippen MR) is 62.6 cm³/mol. The lowest BCUT2D eigenvalue weighted by atomic mass is 10.1. The third-order valence-electron chi connectivity index (χ3n) is 2.76. The molecule has 20 heavy (non-hydrogen) atoms. The Bertz CT molecular complexity index is 499. The number of ether oxygens (including phenoxy) is 1. The van der Waals surface area contributed by atoms with Gasteiger partial charge in [-0.1, -0.05) is 0 Å². The highest BCUT2D eigenvalue weighted by molar-refractivity contribution is 5.94. The molecule has 1 fully saturated rings. The lowest BCUT2D eigenvalue weighted by Gasteiger charge is -2.22. The van der Waals surface area contributed by atoms with E-state index in [2.05, 4.69) is 10.6 Å². The summed E-state index contributed by atoms with van der Waals surface area (Å²) in [6.45, 7) is 1.23. The van der Waals surface area contributed by atoms with E-state index in [4.69, 9.17) is 4.74 Å². The number of carbonyl (C=O) groups excluding carboxylic acids is 1. The van der Waals surface area contributed by atoms with Crippen molar-refractivity contribution >= 4 is 11.6 Å². The zero-order chi connectivity index (χ0) is 14.8. The lowest BCUT2D eigenvalue weighted by Crippen LogP contribution is -2.45. The maximum Gasteiger partial charge on any atom is 0.419 e. The second-order valence-corrected chi connectivity index (χ2v) is 4.25. The van der Waals surface area contributed by atoms with Crippen molar-refractivity contribution in [2.45, 2.75) is 12.3 Å². The topological polar surface area (TPSA) is 50.4 Å². The molecule has 0 aromatic heterocycles. The van der Waals surface area contributed by atoms with Crippen LogP contribution in [0.3, 0.4) is 0 Å². The molecule has 1 heterocycles. The number of halogens is 4. The summed E-state index contributed by atoms with van der Waals surface area (Å²) in [5.41, 5.74) is -1.55. The Balaban J connectivity index is 2.11. The van der Waals surface area contributed by atoms with Crippen LogP contribution in [0.2, 0.25) is 0 Å². The number of hydrogen-bond donors (Lipinski definition) is 2. The van der Waals surface area contributed by atoms with Crippen LogP contribution in [0.5, 0.6) is 0 Å². The van der Waals surface area contributed by atoms with E-state index in [1.165, 1.54) is 0 Å². The molecular formula is C12H12F4N2O2. The summed E-state index contributed by atoms with van der Waals surface area (Å²) in [5, 5.41) is 5.20. The fourth-order valence-electron chi connectivity index (χ4n) is 1.78. The molecule has 0 bridgehead atoms. The maximum absolute atomic E-state index is 13.1. The largest absolute Gasteiger partial charge is 0.419 e. The highest BCUT2D eigenvalue weighted by Crippen LogP contribution is 2.33. The molecule has 1 amide bonds. The van der Waals surface area contributed by atoms with Gasteiger partial charge in [0.25, 0.3) is 5.91 Å². The van der Waals surface area contributed by atoms with Gasteiger partial charge in [0, 0.05) is 18.8 Å².